The number of H-pyrrole nitrogens is 1. The molecule has 0 unspecified atom stereocenters. The van der Waals surface area contributed by atoms with Gasteiger partial charge in [-0.2, -0.15) is 0 Å². The molecule has 0 fully saturated rings. The van der Waals surface area contributed by atoms with Gasteiger partial charge in [0, 0.05) is 18.6 Å². The van der Waals surface area contributed by atoms with Crippen LogP contribution in [0.1, 0.15) is 10.5 Å². The molecule has 0 aliphatic heterocycles. The number of aromatic nitrogens is 3. The van der Waals surface area contributed by atoms with Gasteiger partial charge in [0.05, 0.1) is 0 Å². The van der Waals surface area contributed by atoms with E-state index < -0.39 is 0 Å². The maximum atomic E-state index is 11.5. The van der Waals surface area contributed by atoms with Crippen molar-refractivity contribution in [2.75, 3.05) is 5.32 Å². The number of hydrogen-bond donors (Lipinski definition) is 2. The fourth-order valence-corrected chi connectivity index (χ4v) is 1.00. The van der Waals surface area contributed by atoms with Crippen molar-refractivity contribution < 1.29 is 4.79 Å². The molecule has 0 saturated heterocycles. The molecule has 0 aromatic carbocycles. The topological polar surface area (TPSA) is 70.7 Å². The van der Waals surface area contributed by atoms with Gasteiger partial charge in [-0.25, -0.2) is 4.98 Å². The Morgan fingerprint density at radius 2 is 2.21 bits per heavy atom. The summed E-state index contributed by atoms with van der Waals surface area (Å²) < 4.78 is 0. The predicted octanol–water partition coefficient (Wildman–Crippen LogP) is 1.06. The Kier molecular flexibility index (Phi) is 2.22. The number of hydrogen-bond acceptors (Lipinski definition) is 3. The minimum Gasteiger partial charge on any atom is -0.331 e. The highest BCUT2D eigenvalue weighted by Crippen LogP contribution is 1.99. The first kappa shape index (κ1) is 8.43. The average molecular weight is 188 g/mol. The molecular weight excluding hydrogens is 180 g/mol. The van der Waals surface area contributed by atoms with E-state index in [4.69, 9.17) is 0 Å². The van der Waals surface area contributed by atoms with E-state index in [1.54, 1.807) is 36.8 Å². The van der Waals surface area contributed by atoms with Crippen LogP contribution in [0.15, 0.2) is 36.8 Å². The summed E-state index contributed by atoms with van der Waals surface area (Å²) in [5, 5.41) is 2.57. The maximum absolute atomic E-state index is 11.5. The Morgan fingerprint density at radius 1 is 1.29 bits per heavy atom. The average Bonchev–Trinajstić information content (AvgIpc) is 2.72. The molecule has 5 heteroatoms. The van der Waals surface area contributed by atoms with Crippen molar-refractivity contribution in [3.63, 3.8) is 0 Å². The highest BCUT2D eigenvalue weighted by molar-refractivity contribution is 6.01. The number of nitrogens with zero attached hydrogens (tertiary/aromatic N) is 2. The number of rotatable bonds is 2. The summed E-state index contributed by atoms with van der Waals surface area (Å²) in [6, 6.07) is 5.14. The van der Waals surface area contributed by atoms with E-state index in [1.165, 1.54) is 0 Å². The Bertz CT molecular complexity index is 410. The summed E-state index contributed by atoms with van der Waals surface area (Å²) in [6.07, 6.45) is 4.76. The maximum Gasteiger partial charge on any atom is 0.276 e. The number of carbonyl (C=O) groups is 1. The first-order valence-electron chi connectivity index (χ1n) is 4.08. The van der Waals surface area contributed by atoms with E-state index in [0.717, 1.165) is 0 Å². The molecular formula is C9H8N4O. The van der Waals surface area contributed by atoms with Crippen LogP contribution in [0.4, 0.5) is 5.95 Å². The zero-order valence-electron chi connectivity index (χ0n) is 7.27. The van der Waals surface area contributed by atoms with Gasteiger partial charge in [0.1, 0.15) is 5.69 Å². The van der Waals surface area contributed by atoms with Crippen LogP contribution in [-0.4, -0.2) is 20.9 Å². The zero-order chi connectivity index (χ0) is 9.80. The highest BCUT2D eigenvalue weighted by Gasteiger charge is 2.06. The lowest BCUT2D eigenvalue weighted by Crippen LogP contribution is -2.14. The van der Waals surface area contributed by atoms with Crippen LogP contribution in [0.2, 0.25) is 0 Å². The second kappa shape index (κ2) is 3.69. The van der Waals surface area contributed by atoms with Crippen molar-refractivity contribution in [1.29, 1.82) is 0 Å². The molecule has 0 aliphatic carbocycles. The normalized spacial score (nSPS) is 9.71. The molecule has 70 valence electrons. The largest absolute Gasteiger partial charge is 0.331 e. The quantitative estimate of drug-likeness (QED) is 0.740. The Balaban J connectivity index is 2.11. The van der Waals surface area contributed by atoms with Crippen LogP contribution in [0, 0.1) is 0 Å². The standard InChI is InChI=1S/C9H8N4O/c14-8(7-3-1-2-4-10-7)13-9-11-5-6-12-9/h1-6H,(H2,11,12,13,14). The molecule has 0 atom stereocenters. The van der Waals surface area contributed by atoms with E-state index in [9.17, 15) is 4.79 Å². The van der Waals surface area contributed by atoms with Crippen LogP contribution in [-0.2, 0) is 0 Å². The van der Waals surface area contributed by atoms with Crippen LogP contribution >= 0.6 is 0 Å². The summed E-state index contributed by atoms with van der Waals surface area (Å²) >= 11 is 0. The number of aromatic amines is 1. The van der Waals surface area contributed by atoms with E-state index in [-0.39, 0.29) is 5.91 Å². The molecule has 14 heavy (non-hydrogen) atoms. The lowest BCUT2D eigenvalue weighted by atomic mass is 10.3. The van der Waals surface area contributed by atoms with Crippen LogP contribution < -0.4 is 5.32 Å². The smallest absolute Gasteiger partial charge is 0.276 e. The third-order valence-corrected chi connectivity index (χ3v) is 1.63. The zero-order valence-corrected chi connectivity index (χ0v) is 7.27. The van der Waals surface area contributed by atoms with Crippen molar-refractivity contribution in [3.8, 4) is 0 Å². The molecule has 2 heterocycles. The van der Waals surface area contributed by atoms with Gasteiger partial charge in [0.2, 0.25) is 5.95 Å². The predicted molar refractivity (Wildman–Crippen MR) is 50.8 cm³/mol. The second-order valence-electron chi connectivity index (χ2n) is 2.61. The molecule has 0 saturated carbocycles. The Labute approximate surface area is 80.2 Å². The first-order valence-corrected chi connectivity index (χ1v) is 4.08. The van der Waals surface area contributed by atoms with Gasteiger partial charge in [0.15, 0.2) is 0 Å². The molecule has 2 rings (SSSR count). The summed E-state index contributed by atoms with van der Waals surface area (Å²) in [6.45, 7) is 0. The van der Waals surface area contributed by atoms with Crippen LogP contribution in [0.3, 0.4) is 0 Å². The van der Waals surface area contributed by atoms with Crippen molar-refractivity contribution >= 4 is 11.9 Å². The molecule has 1 amide bonds. The van der Waals surface area contributed by atoms with Crippen molar-refractivity contribution in [1.82, 2.24) is 15.0 Å². The molecule has 2 aromatic heterocycles. The monoisotopic (exact) mass is 188 g/mol. The van der Waals surface area contributed by atoms with E-state index in [0.29, 0.717) is 11.6 Å². The Morgan fingerprint density at radius 3 is 2.86 bits per heavy atom. The first-order chi connectivity index (χ1) is 6.86. The van der Waals surface area contributed by atoms with E-state index in [1.807, 2.05) is 0 Å². The van der Waals surface area contributed by atoms with Crippen molar-refractivity contribution in [2.45, 2.75) is 0 Å². The SMILES string of the molecule is O=C(Nc1ncc[nH]1)c1ccccn1. The molecule has 5 nitrogen and oxygen atoms in total. The Hall–Kier alpha value is -2.17. The fraction of sp³-hybridized carbons (Fsp3) is 0. The van der Waals surface area contributed by atoms with Gasteiger partial charge < -0.3 is 4.98 Å². The third kappa shape index (κ3) is 1.77. The lowest BCUT2D eigenvalue weighted by Gasteiger charge is -1.99. The van der Waals surface area contributed by atoms with E-state index in [2.05, 4.69) is 20.3 Å². The molecule has 2 aromatic rings. The molecule has 0 spiro atoms. The van der Waals surface area contributed by atoms with Gasteiger partial charge in [-0.1, -0.05) is 6.07 Å². The molecule has 2 N–H and O–H groups in total. The van der Waals surface area contributed by atoms with Crippen LogP contribution in [0.5, 0.6) is 0 Å². The highest BCUT2D eigenvalue weighted by atomic mass is 16.2. The van der Waals surface area contributed by atoms with Gasteiger partial charge in [-0.05, 0) is 12.1 Å². The number of carbonyl (C=O) groups excluding carboxylic acids is 1. The molecule has 0 bridgehead atoms. The minimum atomic E-state index is -0.277. The lowest BCUT2D eigenvalue weighted by molar-refractivity contribution is 0.102. The minimum absolute atomic E-state index is 0.277. The van der Waals surface area contributed by atoms with Gasteiger partial charge >= 0.3 is 0 Å². The number of anilines is 1. The molecule has 0 aliphatic rings. The number of nitrogens with one attached hydrogen (secondary N) is 2. The van der Waals surface area contributed by atoms with Gasteiger partial charge in [-0.15, -0.1) is 0 Å². The van der Waals surface area contributed by atoms with Crippen molar-refractivity contribution in [3.05, 3.63) is 42.5 Å². The fourth-order valence-electron chi connectivity index (χ4n) is 1.00. The van der Waals surface area contributed by atoms with Crippen molar-refractivity contribution in [2.24, 2.45) is 0 Å². The van der Waals surface area contributed by atoms with Gasteiger partial charge in [0.25, 0.3) is 5.91 Å². The summed E-state index contributed by atoms with van der Waals surface area (Å²) in [7, 11) is 0. The third-order valence-electron chi connectivity index (χ3n) is 1.63. The number of pyridine rings is 1. The van der Waals surface area contributed by atoms with E-state index >= 15 is 0 Å². The summed E-state index contributed by atoms with van der Waals surface area (Å²) in [5.74, 6) is 0.140. The summed E-state index contributed by atoms with van der Waals surface area (Å²) in [5.41, 5.74) is 0.365. The van der Waals surface area contributed by atoms with Crippen LogP contribution in [0.25, 0.3) is 0 Å². The summed E-state index contributed by atoms with van der Waals surface area (Å²) in [4.78, 5) is 22.0. The number of amides is 1. The number of imidazole rings is 1. The second-order valence-corrected chi connectivity index (χ2v) is 2.61. The van der Waals surface area contributed by atoms with Gasteiger partial charge in [-0.3, -0.25) is 15.1 Å². The molecule has 0 radical (unpaired) electrons.